The van der Waals surface area contributed by atoms with Gasteiger partial charge in [-0.2, -0.15) is 0 Å². The first-order valence-electron chi connectivity index (χ1n) is 8.27. The van der Waals surface area contributed by atoms with Crippen molar-refractivity contribution in [2.24, 2.45) is 0 Å². The Labute approximate surface area is 160 Å². The highest BCUT2D eigenvalue weighted by molar-refractivity contribution is 7.99. The van der Waals surface area contributed by atoms with Gasteiger partial charge in [0.2, 0.25) is 5.91 Å². The molecule has 0 unspecified atom stereocenters. The molecule has 0 radical (unpaired) electrons. The number of carboxylic acid groups (broad SMARTS) is 2. The highest BCUT2D eigenvalue weighted by Crippen LogP contribution is 2.33. The van der Waals surface area contributed by atoms with Crippen LogP contribution in [0, 0.1) is 0 Å². The summed E-state index contributed by atoms with van der Waals surface area (Å²) in [7, 11) is 0. The van der Waals surface area contributed by atoms with E-state index in [-0.39, 0.29) is 5.91 Å². The first kappa shape index (κ1) is 20.5. The minimum atomic E-state index is -1.82. The lowest BCUT2D eigenvalue weighted by Crippen LogP contribution is -2.29. The minimum absolute atomic E-state index is 0.0167. The van der Waals surface area contributed by atoms with Crippen LogP contribution in [0.25, 0.3) is 0 Å². The third-order valence-corrected chi connectivity index (χ3v) is 4.53. The van der Waals surface area contributed by atoms with E-state index in [2.05, 4.69) is 22.8 Å². The predicted molar refractivity (Wildman–Crippen MR) is 102 cm³/mol. The molecule has 1 saturated carbocycles. The van der Waals surface area contributed by atoms with Crippen LogP contribution in [0.3, 0.4) is 0 Å². The molecule has 0 aliphatic heterocycles. The second-order valence-electron chi connectivity index (χ2n) is 5.72. The molecule has 0 saturated heterocycles. The lowest BCUT2D eigenvalue weighted by atomic mass is 10.3. The van der Waals surface area contributed by atoms with Gasteiger partial charge in [-0.1, -0.05) is 42.1 Å². The van der Waals surface area contributed by atoms with Crippen LogP contribution in [0.5, 0.6) is 0 Å². The van der Waals surface area contributed by atoms with Crippen molar-refractivity contribution in [2.45, 2.75) is 28.7 Å². The molecule has 27 heavy (non-hydrogen) atoms. The fourth-order valence-electron chi connectivity index (χ4n) is 1.99. The number of aliphatic carboxylic acids is 2. The van der Waals surface area contributed by atoms with Gasteiger partial charge in [0.25, 0.3) is 0 Å². The molecular formula is C19H20N2O5S. The van der Waals surface area contributed by atoms with Gasteiger partial charge in [-0.15, -0.1) is 0 Å². The van der Waals surface area contributed by atoms with Crippen molar-refractivity contribution in [1.82, 2.24) is 5.32 Å². The Morgan fingerprint density at radius 1 is 0.926 bits per heavy atom. The van der Waals surface area contributed by atoms with Gasteiger partial charge in [0.15, 0.2) is 0 Å². The van der Waals surface area contributed by atoms with Crippen LogP contribution in [-0.4, -0.2) is 40.6 Å². The van der Waals surface area contributed by atoms with Gasteiger partial charge in [0.1, 0.15) is 0 Å². The molecule has 0 aromatic heterocycles. The number of amides is 1. The average molecular weight is 388 g/mol. The van der Waals surface area contributed by atoms with Gasteiger partial charge in [-0.05, 0) is 37.1 Å². The molecule has 142 valence electrons. The van der Waals surface area contributed by atoms with Crippen molar-refractivity contribution in [1.29, 1.82) is 0 Å². The van der Waals surface area contributed by atoms with Gasteiger partial charge in [0, 0.05) is 15.8 Å². The van der Waals surface area contributed by atoms with Crippen molar-refractivity contribution in [3.63, 3.8) is 0 Å². The standard InChI is InChI=1S/C17H18N2OS.C2H2O4/c20-17(12-18-13-10-11-13)19-15-8-4-5-9-16(15)21-14-6-2-1-3-7-14;3-1(4)2(5)6/h1-9,13,18H,10-12H2,(H,19,20);(H,3,4)(H,5,6). The SMILES string of the molecule is O=C(CNC1CC1)Nc1ccccc1Sc1ccccc1.O=C(O)C(=O)O. The summed E-state index contributed by atoms with van der Waals surface area (Å²) in [6, 6.07) is 18.6. The van der Waals surface area contributed by atoms with Crippen molar-refractivity contribution in [3.8, 4) is 0 Å². The molecule has 1 aliphatic rings. The maximum absolute atomic E-state index is 12.0. The minimum Gasteiger partial charge on any atom is -0.473 e. The van der Waals surface area contributed by atoms with Crippen LogP contribution in [0.2, 0.25) is 0 Å². The number of carbonyl (C=O) groups is 3. The number of carboxylic acids is 2. The molecule has 2 aromatic rings. The Kier molecular flexibility index (Phi) is 7.84. The van der Waals surface area contributed by atoms with Crippen LogP contribution in [0.4, 0.5) is 5.69 Å². The van der Waals surface area contributed by atoms with Gasteiger partial charge < -0.3 is 20.8 Å². The molecule has 4 N–H and O–H groups in total. The summed E-state index contributed by atoms with van der Waals surface area (Å²) < 4.78 is 0. The number of benzene rings is 2. The van der Waals surface area contributed by atoms with E-state index in [4.69, 9.17) is 19.8 Å². The number of rotatable bonds is 6. The second-order valence-corrected chi connectivity index (χ2v) is 6.84. The lowest BCUT2D eigenvalue weighted by Gasteiger charge is -2.11. The first-order chi connectivity index (χ1) is 13.0. The Bertz CT molecular complexity index is 782. The molecule has 0 atom stereocenters. The highest BCUT2D eigenvalue weighted by Gasteiger charge is 2.21. The van der Waals surface area contributed by atoms with E-state index in [1.807, 2.05) is 42.5 Å². The Morgan fingerprint density at radius 2 is 1.52 bits per heavy atom. The van der Waals surface area contributed by atoms with E-state index < -0.39 is 11.9 Å². The van der Waals surface area contributed by atoms with Crippen LogP contribution in [-0.2, 0) is 14.4 Å². The zero-order valence-corrected chi connectivity index (χ0v) is 15.2. The van der Waals surface area contributed by atoms with Crippen LogP contribution >= 0.6 is 11.8 Å². The van der Waals surface area contributed by atoms with E-state index in [0.717, 1.165) is 15.5 Å². The monoisotopic (exact) mass is 388 g/mol. The average Bonchev–Trinajstić information content (AvgIpc) is 3.47. The zero-order chi connectivity index (χ0) is 19.6. The third kappa shape index (κ3) is 7.93. The number of anilines is 1. The first-order valence-corrected chi connectivity index (χ1v) is 9.08. The van der Waals surface area contributed by atoms with Crippen molar-refractivity contribution < 1.29 is 24.6 Å². The molecule has 1 amide bonds. The number of hydrogen-bond donors (Lipinski definition) is 4. The third-order valence-electron chi connectivity index (χ3n) is 3.44. The summed E-state index contributed by atoms with van der Waals surface area (Å²) in [6.45, 7) is 0.384. The van der Waals surface area contributed by atoms with Gasteiger partial charge in [-0.3, -0.25) is 4.79 Å². The summed E-state index contributed by atoms with van der Waals surface area (Å²) in [4.78, 5) is 32.4. The molecule has 1 fully saturated rings. The maximum Gasteiger partial charge on any atom is 0.414 e. The number of carbonyl (C=O) groups excluding carboxylic acids is 1. The van der Waals surface area contributed by atoms with Crippen LogP contribution in [0.15, 0.2) is 64.4 Å². The van der Waals surface area contributed by atoms with E-state index in [0.29, 0.717) is 12.6 Å². The smallest absolute Gasteiger partial charge is 0.414 e. The van der Waals surface area contributed by atoms with Crippen molar-refractivity contribution in [3.05, 3.63) is 54.6 Å². The topological polar surface area (TPSA) is 116 Å². The van der Waals surface area contributed by atoms with Crippen LogP contribution in [0.1, 0.15) is 12.8 Å². The summed E-state index contributed by atoms with van der Waals surface area (Å²) in [6.07, 6.45) is 2.38. The largest absolute Gasteiger partial charge is 0.473 e. The van der Waals surface area contributed by atoms with E-state index in [9.17, 15) is 4.79 Å². The summed E-state index contributed by atoms with van der Waals surface area (Å²) in [5.74, 6) is -3.63. The number of nitrogens with one attached hydrogen (secondary N) is 2. The van der Waals surface area contributed by atoms with Crippen LogP contribution < -0.4 is 10.6 Å². The fourth-order valence-corrected chi connectivity index (χ4v) is 2.92. The van der Waals surface area contributed by atoms with Crippen molar-refractivity contribution in [2.75, 3.05) is 11.9 Å². The van der Waals surface area contributed by atoms with Gasteiger partial charge >= 0.3 is 11.9 Å². The summed E-state index contributed by atoms with van der Waals surface area (Å²) >= 11 is 1.66. The Balaban J connectivity index is 0.000000380. The maximum atomic E-state index is 12.0. The molecule has 0 spiro atoms. The molecule has 7 nitrogen and oxygen atoms in total. The van der Waals surface area contributed by atoms with Crippen molar-refractivity contribution >= 4 is 35.3 Å². The molecule has 1 aliphatic carbocycles. The Hall–Kier alpha value is -2.84. The zero-order valence-electron chi connectivity index (χ0n) is 14.4. The second kappa shape index (κ2) is 10.3. The quantitative estimate of drug-likeness (QED) is 0.562. The highest BCUT2D eigenvalue weighted by atomic mass is 32.2. The van der Waals surface area contributed by atoms with E-state index >= 15 is 0 Å². The molecule has 8 heteroatoms. The molecule has 0 heterocycles. The Morgan fingerprint density at radius 3 is 2.11 bits per heavy atom. The lowest BCUT2D eigenvalue weighted by molar-refractivity contribution is -0.159. The van der Waals surface area contributed by atoms with E-state index in [1.54, 1.807) is 11.8 Å². The molecule has 0 bridgehead atoms. The molecule has 2 aromatic carbocycles. The predicted octanol–water partition coefficient (Wildman–Crippen LogP) is 2.68. The summed E-state index contributed by atoms with van der Waals surface area (Å²) in [5.41, 5.74) is 0.869. The normalized spacial score (nSPS) is 12.4. The van der Waals surface area contributed by atoms with Gasteiger partial charge in [0.05, 0.1) is 12.2 Å². The molecular weight excluding hydrogens is 368 g/mol. The fraction of sp³-hybridized carbons (Fsp3) is 0.211. The molecule has 3 rings (SSSR count). The number of para-hydroxylation sites is 1. The van der Waals surface area contributed by atoms with E-state index in [1.165, 1.54) is 12.8 Å². The van der Waals surface area contributed by atoms with Gasteiger partial charge in [-0.25, -0.2) is 9.59 Å². The summed E-state index contributed by atoms with van der Waals surface area (Å²) in [5, 5.41) is 21.0. The number of hydrogen-bond acceptors (Lipinski definition) is 5.